The van der Waals surface area contributed by atoms with E-state index in [1.165, 1.54) is 12.1 Å². The Kier molecular flexibility index (Phi) is 5.52. The van der Waals surface area contributed by atoms with Crippen molar-refractivity contribution in [2.45, 2.75) is 6.54 Å². The summed E-state index contributed by atoms with van der Waals surface area (Å²) in [4.78, 5) is 39.3. The minimum atomic E-state index is -0.571. The standard InChI is InChI=1S/C22H13Cl3N2O3/c23-15-8-6-14(7-9-15)20(28)26(12-13-5-10-18(24)19(25)11-13)27-21(29)16-3-1-2-4-17(16)22(27)30/h1-11H,12H2. The van der Waals surface area contributed by atoms with Crippen molar-refractivity contribution >= 4 is 52.5 Å². The molecule has 0 aliphatic carbocycles. The van der Waals surface area contributed by atoms with Gasteiger partial charge >= 0.3 is 0 Å². The van der Waals surface area contributed by atoms with E-state index in [1.54, 1.807) is 54.6 Å². The molecule has 5 nitrogen and oxygen atoms in total. The summed E-state index contributed by atoms with van der Waals surface area (Å²) in [6.45, 7) is -0.0657. The molecule has 0 fully saturated rings. The van der Waals surface area contributed by atoms with Gasteiger partial charge in [0.25, 0.3) is 17.7 Å². The molecule has 8 heteroatoms. The van der Waals surface area contributed by atoms with E-state index >= 15 is 0 Å². The highest BCUT2D eigenvalue weighted by Gasteiger charge is 2.41. The molecule has 1 aliphatic heterocycles. The number of hydrogen-bond acceptors (Lipinski definition) is 3. The fourth-order valence-electron chi connectivity index (χ4n) is 3.18. The van der Waals surface area contributed by atoms with Gasteiger partial charge in [-0.2, -0.15) is 5.01 Å². The average molecular weight is 460 g/mol. The van der Waals surface area contributed by atoms with Crippen molar-refractivity contribution in [1.29, 1.82) is 0 Å². The highest BCUT2D eigenvalue weighted by atomic mass is 35.5. The van der Waals surface area contributed by atoms with E-state index in [1.807, 2.05) is 0 Å². The largest absolute Gasteiger partial charge is 0.280 e. The first kappa shape index (κ1) is 20.4. The molecule has 30 heavy (non-hydrogen) atoms. The Morgan fingerprint density at radius 3 is 1.97 bits per heavy atom. The van der Waals surface area contributed by atoms with Gasteiger partial charge in [-0.3, -0.25) is 14.4 Å². The van der Waals surface area contributed by atoms with E-state index in [-0.39, 0.29) is 23.2 Å². The molecule has 3 aromatic carbocycles. The third-order valence-corrected chi connectivity index (χ3v) is 5.65. The Balaban J connectivity index is 1.76. The Bertz CT molecular complexity index is 1140. The van der Waals surface area contributed by atoms with Crippen molar-refractivity contribution < 1.29 is 14.4 Å². The Labute approximate surface area is 187 Å². The molecule has 0 bridgehead atoms. The molecule has 0 atom stereocenters. The van der Waals surface area contributed by atoms with Crippen LogP contribution in [0.15, 0.2) is 66.7 Å². The molecule has 0 unspecified atom stereocenters. The van der Waals surface area contributed by atoms with Crippen LogP contribution in [0.5, 0.6) is 0 Å². The van der Waals surface area contributed by atoms with Crippen LogP contribution in [0.25, 0.3) is 0 Å². The van der Waals surface area contributed by atoms with E-state index in [4.69, 9.17) is 34.8 Å². The summed E-state index contributed by atoms with van der Waals surface area (Å²) in [5, 5.41) is 3.09. The van der Waals surface area contributed by atoms with Gasteiger partial charge in [0.1, 0.15) is 0 Å². The molecule has 0 spiro atoms. The van der Waals surface area contributed by atoms with Gasteiger partial charge in [0.15, 0.2) is 0 Å². The van der Waals surface area contributed by atoms with E-state index in [0.717, 1.165) is 10.0 Å². The first-order valence-electron chi connectivity index (χ1n) is 8.86. The first-order chi connectivity index (χ1) is 14.4. The van der Waals surface area contributed by atoms with Crippen LogP contribution < -0.4 is 0 Å². The van der Waals surface area contributed by atoms with Crippen LogP contribution in [0.1, 0.15) is 36.6 Å². The van der Waals surface area contributed by atoms with Gasteiger partial charge < -0.3 is 0 Å². The number of carbonyl (C=O) groups excluding carboxylic acids is 3. The zero-order valence-electron chi connectivity index (χ0n) is 15.3. The summed E-state index contributed by atoms with van der Waals surface area (Å²) in [6, 6.07) is 17.5. The Morgan fingerprint density at radius 2 is 1.40 bits per heavy atom. The summed E-state index contributed by atoms with van der Waals surface area (Å²) in [7, 11) is 0. The molecular formula is C22H13Cl3N2O3. The topological polar surface area (TPSA) is 57.7 Å². The highest BCUT2D eigenvalue weighted by Crippen LogP contribution is 2.28. The van der Waals surface area contributed by atoms with Gasteiger partial charge in [0.05, 0.1) is 27.7 Å². The monoisotopic (exact) mass is 458 g/mol. The van der Waals surface area contributed by atoms with Crippen LogP contribution >= 0.6 is 34.8 Å². The number of hydrogen-bond donors (Lipinski definition) is 0. The quantitative estimate of drug-likeness (QED) is 0.484. The van der Waals surface area contributed by atoms with Crippen LogP contribution in [0.2, 0.25) is 15.1 Å². The van der Waals surface area contributed by atoms with Gasteiger partial charge in [0, 0.05) is 10.6 Å². The van der Waals surface area contributed by atoms with Crippen LogP contribution in [0.3, 0.4) is 0 Å². The van der Waals surface area contributed by atoms with Crippen molar-refractivity contribution in [1.82, 2.24) is 10.0 Å². The van der Waals surface area contributed by atoms with Crippen LogP contribution in [0, 0.1) is 0 Å². The summed E-state index contributed by atoms with van der Waals surface area (Å²) < 4.78 is 0. The number of nitrogens with zero attached hydrogens (tertiary/aromatic N) is 2. The zero-order valence-corrected chi connectivity index (χ0v) is 17.6. The smallest absolute Gasteiger partial charge is 0.267 e. The predicted molar refractivity (Wildman–Crippen MR) is 115 cm³/mol. The van der Waals surface area contributed by atoms with Crippen LogP contribution in [-0.2, 0) is 6.54 Å². The number of halogens is 3. The molecule has 1 aliphatic rings. The predicted octanol–water partition coefficient (Wildman–Crippen LogP) is 5.50. The zero-order chi connectivity index (χ0) is 21.4. The van der Waals surface area contributed by atoms with Crippen molar-refractivity contribution in [3.63, 3.8) is 0 Å². The van der Waals surface area contributed by atoms with E-state index in [2.05, 4.69) is 0 Å². The normalized spacial score (nSPS) is 12.8. The maximum absolute atomic E-state index is 13.3. The summed E-state index contributed by atoms with van der Waals surface area (Å²) in [5.74, 6) is -1.68. The number of fused-ring (bicyclic) bond motifs is 1. The first-order valence-corrected chi connectivity index (χ1v) is 9.99. The lowest BCUT2D eigenvalue weighted by atomic mass is 10.1. The van der Waals surface area contributed by atoms with Crippen molar-refractivity contribution in [2.24, 2.45) is 0 Å². The Morgan fingerprint density at radius 1 is 0.800 bits per heavy atom. The number of carbonyl (C=O) groups is 3. The highest BCUT2D eigenvalue weighted by molar-refractivity contribution is 6.42. The average Bonchev–Trinajstić information content (AvgIpc) is 2.99. The lowest BCUT2D eigenvalue weighted by molar-refractivity contribution is 0.000872. The minimum Gasteiger partial charge on any atom is -0.267 e. The molecule has 4 rings (SSSR count). The van der Waals surface area contributed by atoms with Crippen molar-refractivity contribution in [2.75, 3.05) is 0 Å². The lowest BCUT2D eigenvalue weighted by Gasteiger charge is -2.30. The molecule has 3 aromatic rings. The number of hydrazine groups is 1. The van der Waals surface area contributed by atoms with Gasteiger partial charge in [-0.15, -0.1) is 0 Å². The lowest BCUT2D eigenvalue weighted by Crippen LogP contribution is -2.49. The summed E-state index contributed by atoms with van der Waals surface area (Å²) in [6.07, 6.45) is 0. The second-order valence-electron chi connectivity index (χ2n) is 6.59. The molecular weight excluding hydrogens is 447 g/mol. The second-order valence-corrected chi connectivity index (χ2v) is 7.84. The molecule has 150 valence electrons. The Hall–Kier alpha value is -2.86. The summed E-state index contributed by atoms with van der Waals surface area (Å²) >= 11 is 18.0. The fraction of sp³-hybridized carbons (Fsp3) is 0.0455. The van der Waals surface area contributed by atoms with Crippen molar-refractivity contribution in [3.05, 3.63) is 104 Å². The molecule has 0 saturated heterocycles. The maximum atomic E-state index is 13.3. The molecule has 0 aromatic heterocycles. The van der Waals surface area contributed by atoms with Gasteiger partial charge in [-0.1, -0.05) is 53.0 Å². The van der Waals surface area contributed by atoms with Crippen LogP contribution in [0.4, 0.5) is 0 Å². The van der Waals surface area contributed by atoms with E-state index in [0.29, 0.717) is 20.6 Å². The summed E-state index contributed by atoms with van der Waals surface area (Å²) in [5.41, 5.74) is 1.36. The third-order valence-electron chi connectivity index (χ3n) is 4.66. The SMILES string of the molecule is O=C(c1ccc(Cl)cc1)N(Cc1ccc(Cl)c(Cl)c1)N1C(=O)c2ccccc2C1=O. The molecule has 0 radical (unpaired) electrons. The minimum absolute atomic E-state index is 0.0657. The molecule has 0 saturated carbocycles. The molecule has 3 amide bonds. The number of rotatable bonds is 4. The van der Waals surface area contributed by atoms with Gasteiger partial charge in [-0.05, 0) is 54.1 Å². The maximum Gasteiger partial charge on any atom is 0.280 e. The van der Waals surface area contributed by atoms with E-state index < -0.39 is 17.7 Å². The van der Waals surface area contributed by atoms with Crippen LogP contribution in [-0.4, -0.2) is 27.7 Å². The number of imide groups is 1. The third kappa shape index (κ3) is 3.67. The molecule has 1 heterocycles. The second kappa shape index (κ2) is 8.11. The van der Waals surface area contributed by atoms with E-state index in [9.17, 15) is 14.4 Å². The van der Waals surface area contributed by atoms with Gasteiger partial charge in [0.2, 0.25) is 0 Å². The number of amides is 3. The number of benzene rings is 3. The van der Waals surface area contributed by atoms with Gasteiger partial charge in [-0.25, -0.2) is 5.01 Å². The fourth-order valence-corrected chi connectivity index (χ4v) is 3.63. The van der Waals surface area contributed by atoms with Crippen molar-refractivity contribution in [3.8, 4) is 0 Å². The molecule has 0 N–H and O–H groups in total.